The van der Waals surface area contributed by atoms with Crippen LogP contribution in [0.4, 0.5) is 0 Å². The van der Waals surface area contributed by atoms with Gasteiger partial charge in [0.1, 0.15) is 0 Å². The molecule has 1 saturated heterocycles. The van der Waals surface area contributed by atoms with Crippen molar-refractivity contribution in [2.75, 3.05) is 26.2 Å². The highest BCUT2D eigenvalue weighted by Gasteiger charge is 2.35. The molecule has 2 aromatic rings. The highest BCUT2D eigenvalue weighted by atomic mass is 16.5. The van der Waals surface area contributed by atoms with E-state index >= 15 is 0 Å². The number of nitrogens with zero attached hydrogens (tertiary/aromatic N) is 4. The van der Waals surface area contributed by atoms with E-state index in [9.17, 15) is 9.59 Å². The third kappa shape index (κ3) is 3.57. The average Bonchev–Trinajstić information content (AvgIpc) is 3.15. The molecule has 4 rings (SSSR count). The van der Waals surface area contributed by atoms with Crippen LogP contribution in [0, 0.1) is 5.92 Å². The van der Waals surface area contributed by atoms with Crippen molar-refractivity contribution in [2.45, 2.75) is 25.7 Å². The Kier molecular flexibility index (Phi) is 4.25. The fourth-order valence-corrected chi connectivity index (χ4v) is 3.00. The molecule has 2 aliphatic rings. The Labute approximate surface area is 144 Å². The molecule has 0 aromatic carbocycles. The number of aromatic nitrogens is 2. The summed E-state index contributed by atoms with van der Waals surface area (Å²) in [4.78, 5) is 32.3. The van der Waals surface area contributed by atoms with Gasteiger partial charge < -0.3 is 18.7 Å². The van der Waals surface area contributed by atoms with Gasteiger partial charge in [0.2, 0.25) is 23.5 Å². The van der Waals surface area contributed by atoms with Crippen LogP contribution in [0.5, 0.6) is 0 Å². The molecule has 2 fully saturated rings. The lowest BCUT2D eigenvalue weighted by molar-refractivity contribution is -0.140. The molecular formula is C17H20N4O4. The molecule has 1 aliphatic heterocycles. The van der Waals surface area contributed by atoms with Gasteiger partial charge >= 0.3 is 0 Å². The highest BCUT2D eigenvalue weighted by molar-refractivity contribution is 5.81. The number of aryl methyl sites for hydroxylation is 1. The van der Waals surface area contributed by atoms with Crippen molar-refractivity contribution >= 4 is 11.8 Å². The summed E-state index contributed by atoms with van der Waals surface area (Å²) in [6.45, 7) is 2.45. The number of piperazine rings is 1. The van der Waals surface area contributed by atoms with Gasteiger partial charge in [-0.25, -0.2) is 0 Å². The molecule has 2 aromatic heterocycles. The van der Waals surface area contributed by atoms with E-state index in [1.54, 1.807) is 23.3 Å². The fourth-order valence-electron chi connectivity index (χ4n) is 3.00. The molecule has 0 radical (unpaired) electrons. The van der Waals surface area contributed by atoms with Crippen molar-refractivity contribution in [1.29, 1.82) is 0 Å². The Morgan fingerprint density at radius 1 is 1.16 bits per heavy atom. The first-order valence-corrected chi connectivity index (χ1v) is 8.64. The van der Waals surface area contributed by atoms with Gasteiger partial charge in [-0.1, -0.05) is 5.16 Å². The van der Waals surface area contributed by atoms with Gasteiger partial charge in [0, 0.05) is 44.9 Å². The number of hydrogen-bond acceptors (Lipinski definition) is 6. The van der Waals surface area contributed by atoms with E-state index in [0.717, 1.165) is 12.8 Å². The fraction of sp³-hybridized carbons (Fsp3) is 0.529. The second-order valence-electron chi connectivity index (χ2n) is 6.47. The maximum Gasteiger partial charge on any atom is 0.238 e. The molecule has 8 heteroatoms. The summed E-state index contributed by atoms with van der Waals surface area (Å²) >= 11 is 0. The molecule has 1 saturated carbocycles. The van der Waals surface area contributed by atoms with Crippen LogP contribution < -0.4 is 0 Å². The number of rotatable bonds is 5. The second kappa shape index (κ2) is 6.70. The second-order valence-corrected chi connectivity index (χ2v) is 6.47. The van der Waals surface area contributed by atoms with Gasteiger partial charge in [-0.3, -0.25) is 9.59 Å². The number of hydrogen-bond donors (Lipinski definition) is 0. The Hall–Kier alpha value is -2.64. The van der Waals surface area contributed by atoms with Crippen LogP contribution in [0.1, 0.15) is 25.2 Å². The van der Waals surface area contributed by atoms with Gasteiger partial charge in [-0.2, -0.15) is 4.98 Å². The zero-order chi connectivity index (χ0) is 17.2. The minimum absolute atomic E-state index is 0.0521. The minimum Gasteiger partial charge on any atom is -0.461 e. The first-order chi connectivity index (χ1) is 12.2. The summed E-state index contributed by atoms with van der Waals surface area (Å²) < 4.78 is 10.4. The molecule has 132 valence electrons. The van der Waals surface area contributed by atoms with Crippen molar-refractivity contribution in [1.82, 2.24) is 19.9 Å². The van der Waals surface area contributed by atoms with Gasteiger partial charge in [0.05, 0.1) is 6.26 Å². The number of carbonyl (C=O) groups excluding carboxylic acids is 2. The average molecular weight is 344 g/mol. The molecular weight excluding hydrogens is 324 g/mol. The Morgan fingerprint density at radius 3 is 2.60 bits per heavy atom. The maximum atomic E-state index is 12.3. The smallest absolute Gasteiger partial charge is 0.238 e. The van der Waals surface area contributed by atoms with Crippen LogP contribution in [0.15, 0.2) is 27.3 Å². The van der Waals surface area contributed by atoms with Crippen molar-refractivity contribution in [3.05, 3.63) is 24.3 Å². The van der Waals surface area contributed by atoms with E-state index in [0.29, 0.717) is 56.5 Å². The van der Waals surface area contributed by atoms with Gasteiger partial charge in [-0.15, -0.1) is 0 Å². The van der Waals surface area contributed by atoms with E-state index in [2.05, 4.69) is 10.1 Å². The lowest BCUT2D eigenvalue weighted by atomic mass is 10.2. The standard InChI is InChI=1S/C17H20N4O4/c22-15(20-7-9-21(10-8-20)17(23)12-3-4-12)6-5-14-18-16(19-25-14)13-2-1-11-24-13/h1-2,11-12H,3-10H2. The van der Waals surface area contributed by atoms with E-state index in [1.165, 1.54) is 0 Å². The van der Waals surface area contributed by atoms with Crippen LogP contribution in [0.3, 0.4) is 0 Å². The maximum absolute atomic E-state index is 12.3. The van der Waals surface area contributed by atoms with E-state index < -0.39 is 0 Å². The summed E-state index contributed by atoms with van der Waals surface area (Å²) in [7, 11) is 0. The quantitative estimate of drug-likeness (QED) is 0.813. The molecule has 0 bridgehead atoms. The summed E-state index contributed by atoms with van der Waals surface area (Å²) in [5.74, 6) is 1.89. The van der Waals surface area contributed by atoms with Gasteiger partial charge in [0.15, 0.2) is 5.76 Å². The Balaban J connectivity index is 1.25. The van der Waals surface area contributed by atoms with Gasteiger partial charge in [-0.05, 0) is 25.0 Å². The topological polar surface area (TPSA) is 92.7 Å². The zero-order valence-electron chi connectivity index (χ0n) is 13.9. The minimum atomic E-state index is 0.0521. The Bertz CT molecular complexity index is 743. The summed E-state index contributed by atoms with van der Waals surface area (Å²) in [6, 6.07) is 3.50. The Morgan fingerprint density at radius 2 is 1.92 bits per heavy atom. The van der Waals surface area contributed by atoms with Crippen molar-refractivity contribution in [3.8, 4) is 11.6 Å². The SMILES string of the molecule is O=C(CCc1nc(-c2ccco2)no1)N1CCN(C(=O)C2CC2)CC1. The zero-order valence-corrected chi connectivity index (χ0v) is 13.9. The molecule has 1 aliphatic carbocycles. The summed E-state index contributed by atoms with van der Waals surface area (Å²) in [5.41, 5.74) is 0. The van der Waals surface area contributed by atoms with Crippen LogP contribution >= 0.6 is 0 Å². The molecule has 0 N–H and O–H groups in total. The van der Waals surface area contributed by atoms with Crippen molar-refractivity contribution in [2.24, 2.45) is 5.92 Å². The molecule has 0 spiro atoms. The molecule has 25 heavy (non-hydrogen) atoms. The molecule has 8 nitrogen and oxygen atoms in total. The first-order valence-electron chi connectivity index (χ1n) is 8.64. The van der Waals surface area contributed by atoms with Crippen LogP contribution in [0.2, 0.25) is 0 Å². The first kappa shape index (κ1) is 15.9. The van der Waals surface area contributed by atoms with E-state index in [-0.39, 0.29) is 17.7 Å². The number of amides is 2. The monoisotopic (exact) mass is 344 g/mol. The van der Waals surface area contributed by atoms with Crippen molar-refractivity contribution < 1.29 is 18.5 Å². The van der Waals surface area contributed by atoms with Crippen LogP contribution in [-0.2, 0) is 16.0 Å². The third-order valence-corrected chi connectivity index (χ3v) is 4.63. The predicted octanol–water partition coefficient (Wildman–Crippen LogP) is 1.34. The molecule has 0 unspecified atom stereocenters. The summed E-state index contributed by atoms with van der Waals surface area (Å²) in [6.07, 6.45) is 4.29. The van der Waals surface area contributed by atoms with E-state index in [4.69, 9.17) is 8.94 Å². The van der Waals surface area contributed by atoms with Crippen LogP contribution in [-0.4, -0.2) is 57.9 Å². The summed E-state index contributed by atoms with van der Waals surface area (Å²) in [5, 5.41) is 3.85. The predicted molar refractivity (Wildman–Crippen MR) is 86.2 cm³/mol. The highest BCUT2D eigenvalue weighted by Crippen LogP contribution is 2.31. The van der Waals surface area contributed by atoms with Crippen molar-refractivity contribution in [3.63, 3.8) is 0 Å². The van der Waals surface area contributed by atoms with Crippen LogP contribution in [0.25, 0.3) is 11.6 Å². The molecule has 2 amide bonds. The number of carbonyl (C=O) groups is 2. The largest absolute Gasteiger partial charge is 0.461 e. The lowest BCUT2D eigenvalue weighted by Gasteiger charge is -2.35. The molecule has 0 atom stereocenters. The normalized spacial score (nSPS) is 17.8. The number of furan rings is 1. The molecule has 3 heterocycles. The van der Waals surface area contributed by atoms with Gasteiger partial charge in [0.25, 0.3) is 0 Å². The lowest BCUT2D eigenvalue weighted by Crippen LogP contribution is -2.51. The van der Waals surface area contributed by atoms with E-state index in [1.807, 2.05) is 4.90 Å². The third-order valence-electron chi connectivity index (χ3n) is 4.63.